The van der Waals surface area contributed by atoms with E-state index in [9.17, 15) is 9.59 Å². The molecule has 2 amide bonds. The summed E-state index contributed by atoms with van der Waals surface area (Å²) in [5.74, 6) is -0.107. The molecule has 1 aliphatic rings. The van der Waals surface area contributed by atoms with Crippen LogP contribution in [0.15, 0.2) is 0 Å². The first-order valence-electron chi connectivity index (χ1n) is 7.18. The summed E-state index contributed by atoms with van der Waals surface area (Å²) in [5, 5.41) is 3.37. The van der Waals surface area contributed by atoms with Gasteiger partial charge in [0, 0.05) is 12.1 Å². The molecule has 0 aromatic rings. The fourth-order valence-corrected chi connectivity index (χ4v) is 3.10. The number of nitrogens with one attached hydrogen (secondary N) is 1. The summed E-state index contributed by atoms with van der Waals surface area (Å²) in [7, 11) is 0. The predicted molar refractivity (Wildman–Crippen MR) is 76.7 cm³/mol. The molecular formula is C15H28N2O2. The SMILES string of the molecule is CCCN1C(=O)CC(NC(C)(C)CC(C)(C)C)C1=O. The van der Waals surface area contributed by atoms with Gasteiger partial charge in [0.15, 0.2) is 0 Å². The lowest BCUT2D eigenvalue weighted by molar-refractivity contribution is -0.139. The zero-order valence-corrected chi connectivity index (χ0v) is 13.2. The molecule has 4 heteroatoms. The van der Waals surface area contributed by atoms with Gasteiger partial charge in [0.25, 0.3) is 0 Å². The molecule has 0 bridgehead atoms. The van der Waals surface area contributed by atoms with Crippen molar-refractivity contribution in [3.63, 3.8) is 0 Å². The van der Waals surface area contributed by atoms with Crippen LogP contribution in [0.3, 0.4) is 0 Å². The monoisotopic (exact) mass is 268 g/mol. The zero-order chi connectivity index (χ0) is 14.8. The first kappa shape index (κ1) is 16.2. The summed E-state index contributed by atoms with van der Waals surface area (Å²) in [5.41, 5.74) is 0.0341. The standard InChI is InChI=1S/C15H28N2O2/c1-7-8-17-12(18)9-11(13(17)19)16-15(5,6)10-14(2,3)4/h11,16H,7-10H2,1-6H3. The van der Waals surface area contributed by atoms with E-state index in [-0.39, 0.29) is 28.8 Å². The Balaban J connectivity index is 2.68. The van der Waals surface area contributed by atoms with Crippen molar-refractivity contribution < 1.29 is 9.59 Å². The minimum absolute atomic E-state index is 0.0455. The molecule has 1 aliphatic heterocycles. The van der Waals surface area contributed by atoms with Crippen molar-refractivity contribution in [1.82, 2.24) is 10.2 Å². The van der Waals surface area contributed by atoms with Gasteiger partial charge in [-0.25, -0.2) is 0 Å². The summed E-state index contributed by atoms with van der Waals surface area (Å²) < 4.78 is 0. The maximum absolute atomic E-state index is 12.2. The molecular weight excluding hydrogens is 240 g/mol. The first-order chi connectivity index (χ1) is 8.56. The number of carbonyl (C=O) groups is 2. The molecule has 0 aromatic heterocycles. The minimum Gasteiger partial charge on any atom is -0.300 e. The summed E-state index contributed by atoms with van der Waals surface area (Å²) >= 11 is 0. The molecule has 4 nitrogen and oxygen atoms in total. The average Bonchev–Trinajstić information content (AvgIpc) is 2.41. The Bertz CT molecular complexity index is 356. The Morgan fingerprint density at radius 1 is 1.21 bits per heavy atom. The summed E-state index contributed by atoms with van der Waals surface area (Å²) in [6, 6.07) is -0.351. The van der Waals surface area contributed by atoms with Gasteiger partial charge in [0.05, 0.1) is 12.5 Å². The molecule has 1 saturated heterocycles. The molecule has 19 heavy (non-hydrogen) atoms. The van der Waals surface area contributed by atoms with Gasteiger partial charge in [-0.1, -0.05) is 27.7 Å². The number of likely N-dealkylation sites (tertiary alicyclic amines) is 1. The number of amides is 2. The molecule has 0 aromatic carbocycles. The van der Waals surface area contributed by atoms with E-state index in [1.807, 2.05) is 6.92 Å². The molecule has 1 atom stereocenters. The maximum Gasteiger partial charge on any atom is 0.246 e. The first-order valence-corrected chi connectivity index (χ1v) is 7.18. The van der Waals surface area contributed by atoms with Crippen molar-refractivity contribution >= 4 is 11.8 Å². The van der Waals surface area contributed by atoms with Crippen molar-refractivity contribution in [2.45, 2.75) is 72.4 Å². The lowest BCUT2D eigenvalue weighted by atomic mass is 9.81. The van der Waals surface area contributed by atoms with Crippen LogP contribution in [0.4, 0.5) is 0 Å². The van der Waals surface area contributed by atoms with Crippen molar-refractivity contribution in [3.8, 4) is 0 Å². The van der Waals surface area contributed by atoms with Crippen LogP contribution in [0.5, 0.6) is 0 Å². The van der Waals surface area contributed by atoms with Crippen LogP contribution in [0, 0.1) is 5.41 Å². The normalized spacial score (nSPS) is 21.4. The van der Waals surface area contributed by atoms with Gasteiger partial charge in [0.1, 0.15) is 0 Å². The smallest absolute Gasteiger partial charge is 0.246 e. The molecule has 1 rings (SSSR count). The fraction of sp³-hybridized carbons (Fsp3) is 0.867. The quantitative estimate of drug-likeness (QED) is 0.779. The molecule has 0 aliphatic carbocycles. The highest BCUT2D eigenvalue weighted by atomic mass is 16.2. The number of rotatable bonds is 5. The minimum atomic E-state index is -0.351. The molecule has 1 heterocycles. The third kappa shape index (κ3) is 4.60. The van der Waals surface area contributed by atoms with Crippen molar-refractivity contribution in [2.24, 2.45) is 5.41 Å². The van der Waals surface area contributed by atoms with E-state index in [1.54, 1.807) is 0 Å². The topological polar surface area (TPSA) is 49.4 Å². The number of imide groups is 1. The second-order valence-electron chi connectivity index (χ2n) is 7.41. The Morgan fingerprint density at radius 2 is 1.79 bits per heavy atom. The van der Waals surface area contributed by atoms with Crippen LogP contribution in [-0.2, 0) is 9.59 Å². The Labute approximate surface area is 116 Å². The van der Waals surface area contributed by atoms with Crippen molar-refractivity contribution in [3.05, 3.63) is 0 Å². The van der Waals surface area contributed by atoms with Crippen molar-refractivity contribution in [2.75, 3.05) is 6.54 Å². The number of carbonyl (C=O) groups excluding carboxylic acids is 2. The highest BCUT2D eigenvalue weighted by Gasteiger charge is 2.40. The molecule has 0 spiro atoms. The molecule has 1 N–H and O–H groups in total. The molecule has 1 unspecified atom stereocenters. The van der Waals surface area contributed by atoms with Gasteiger partial charge in [-0.3, -0.25) is 14.5 Å². The fourth-order valence-electron chi connectivity index (χ4n) is 3.10. The van der Waals surface area contributed by atoms with Crippen LogP contribution in [0.2, 0.25) is 0 Å². The van der Waals surface area contributed by atoms with Gasteiger partial charge in [-0.05, 0) is 32.1 Å². The van der Waals surface area contributed by atoms with Crippen LogP contribution < -0.4 is 5.32 Å². The maximum atomic E-state index is 12.2. The summed E-state index contributed by atoms with van der Waals surface area (Å²) in [4.78, 5) is 25.4. The average molecular weight is 268 g/mol. The van der Waals surface area contributed by atoms with Crippen LogP contribution in [-0.4, -0.2) is 34.8 Å². The highest BCUT2D eigenvalue weighted by Crippen LogP contribution is 2.28. The van der Waals surface area contributed by atoms with Crippen LogP contribution >= 0.6 is 0 Å². The van der Waals surface area contributed by atoms with E-state index in [1.165, 1.54) is 4.90 Å². The van der Waals surface area contributed by atoms with E-state index in [2.05, 4.69) is 39.9 Å². The van der Waals surface area contributed by atoms with Gasteiger partial charge >= 0.3 is 0 Å². The van der Waals surface area contributed by atoms with Gasteiger partial charge in [-0.2, -0.15) is 0 Å². The van der Waals surface area contributed by atoms with Gasteiger partial charge in [0.2, 0.25) is 11.8 Å². The van der Waals surface area contributed by atoms with E-state index in [0.29, 0.717) is 13.0 Å². The largest absolute Gasteiger partial charge is 0.300 e. The van der Waals surface area contributed by atoms with Gasteiger partial charge < -0.3 is 5.32 Å². The van der Waals surface area contributed by atoms with Gasteiger partial charge in [-0.15, -0.1) is 0 Å². The van der Waals surface area contributed by atoms with Crippen LogP contribution in [0.1, 0.15) is 60.8 Å². The summed E-state index contributed by atoms with van der Waals surface area (Å²) in [6.07, 6.45) is 2.06. The number of hydrogen-bond donors (Lipinski definition) is 1. The van der Waals surface area contributed by atoms with E-state index >= 15 is 0 Å². The molecule has 1 fully saturated rings. The number of nitrogens with zero attached hydrogens (tertiary/aromatic N) is 1. The second kappa shape index (κ2) is 5.61. The van der Waals surface area contributed by atoms with E-state index in [0.717, 1.165) is 12.8 Å². The van der Waals surface area contributed by atoms with E-state index in [4.69, 9.17) is 0 Å². The molecule has 0 saturated carbocycles. The lowest BCUT2D eigenvalue weighted by Gasteiger charge is -2.35. The van der Waals surface area contributed by atoms with Crippen molar-refractivity contribution in [1.29, 1.82) is 0 Å². The highest BCUT2D eigenvalue weighted by molar-refractivity contribution is 6.05. The second-order valence-corrected chi connectivity index (χ2v) is 7.41. The molecule has 0 radical (unpaired) electrons. The summed E-state index contributed by atoms with van der Waals surface area (Å²) in [6.45, 7) is 13.3. The number of hydrogen-bond acceptors (Lipinski definition) is 3. The van der Waals surface area contributed by atoms with E-state index < -0.39 is 0 Å². The predicted octanol–water partition coefficient (Wildman–Crippen LogP) is 2.33. The molecule has 110 valence electrons. The lowest BCUT2D eigenvalue weighted by Crippen LogP contribution is -2.51. The zero-order valence-electron chi connectivity index (χ0n) is 13.2. The third-order valence-corrected chi connectivity index (χ3v) is 3.23. The van der Waals surface area contributed by atoms with Crippen LogP contribution in [0.25, 0.3) is 0 Å². The Morgan fingerprint density at radius 3 is 2.26 bits per heavy atom. The third-order valence-electron chi connectivity index (χ3n) is 3.23. The Kier molecular flexibility index (Phi) is 4.77. The Hall–Kier alpha value is -0.900.